The maximum atomic E-state index is 12.4. The summed E-state index contributed by atoms with van der Waals surface area (Å²) in [6, 6.07) is 11.7. The van der Waals surface area contributed by atoms with Crippen LogP contribution < -0.4 is 5.56 Å². The highest BCUT2D eigenvalue weighted by Gasteiger charge is 2.17. The van der Waals surface area contributed by atoms with Crippen LogP contribution in [0.15, 0.2) is 46.6 Å². The molecule has 1 fully saturated rings. The summed E-state index contributed by atoms with van der Waals surface area (Å²) in [5.41, 5.74) is 0.618. The van der Waals surface area contributed by atoms with Gasteiger partial charge in [-0.2, -0.15) is 0 Å². The second kappa shape index (κ2) is 8.07. The van der Waals surface area contributed by atoms with Crippen molar-refractivity contribution in [3.8, 4) is 0 Å². The number of aromatic nitrogens is 3. The van der Waals surface area contributed by atoms with Crippen molar-refractivity contribution in [2.75, 3.05) is 32.7 Å². The van der Waals surface area contributed by atoms with Crippen molar-refractivity contribution in [3.05, 3.63) is 57.0 Å². The van der Waals surface area contributed by atoms with Crippen molar-refractivity contribution in [2.45, 2.75) is 19.5 Å². The Hall–Kier alpha value is -2.09. The summed E-state index contributed by atoms with van der Waals surface area (Å²) in [7, 11) is 0. The first-order chi connectivity index (χ1) is 12.8. The zero-order valence-electron chi connectivity index (χ0n) is 14.8. The normalized spacial score (nSPS) is 16.3. The number of fused-ring (bicyclic) bond motifs is 1. The maximum Gasteiger partial charge on any atom is 0.277 e. The molecule has 26 heavy (non-hydrogen) atoms. The van der Waals surface area contributed by atoms with Crippen LogP contribution in [0, 0.1) is 0 Å². The zero-order valence-corrected chi connectivity index (χ0v) is 15.6. The summed E-state index contributed by atoms with van der Waals surface area (Å²) >= 11 is 1.83. The first kappa shape index (κ1) is 17.3. The van der Waals surface area contributed by atoms with Crippen LogP contribution >= 0.6 is 11.3 Å². The molecule has 1 aromatic carbocycles. The van der Waals surface area contributed by atoms with E-state index in [2.05, 4.69) is 37.6 Å². The van der Waals surface area contributed by atoms with Gasteiger partial charge >= 0.3 is 0 Å². The van der Waals surface area contributed by atoms with Crippen molar-refractivity contribution in [1.82, 2.24) is 24.8 Å². The quantitative estimate of drug-likeness (QED) is 0.666. The SMILES string of the molecule is O=c1c2ccccc2nnn1CCCN1CCN(Cc2cccs2)CC1. The average Bonchev–Trinajstić information content (AvgIpc) is 3.18. The molecule has 1 aliphatic heterocycles. The summed E-state index contributed by atoms with van der Waals surface area (Å²) in [6.07, 6.45) is 0.915. The predicted molar refractivity (Wildman–Crippen MR) is 104 cm³/mol. The van der Waals surface area contributed by atoms with E-state index in [1.807, 2.05) is 35.6 Å². The van der Waals surface area contributed by atoms with Gasteiger partial charge in [-0.3, -0.25) is 9.69 Å². The van der Waals surface area contributed by atoms with E-state index in [1.54, 1.807) is 0 Å². The van der Waals surface area contributed by atoms with Gasteiger partial charge < -0.3 is 4.90 Å². The van der Waals surface area contributed by atoms with Crippen molar-refractivity contribution in [2.24, 2.45) is 0 Å². The molecule has 2 aromatic heterocycles. The maximum absolute atomic E-state index is 12.4. The van der Waals surface area contributed by atoms with E-state index in [9.17, 15) is 4.79 Å². The summed E-state index contributed by atoms with van der Waals surface area (Å²) in [4.78, 5) is 18.9. The lowest BCUT2D eigenvalue weighted by Crippen LogP contribution is -2.46. The van der Waals surface area contributed by atoms with Crippen molar-refractivity contribution in [1.29, 1.82) is 0 Å². The number of hydrogen-bond donors (Lipinski definition) is 0. The third-order valence-corrected chi connectivity index (χ3v) is 5.76. The topological polar surface area (TPSA) is 54.3 Å². The van der Waals surface area contributed by atoms with E-state index in [1.165, 1.54) is 9.56 Å². The van der Waals surface area contributed by atoms with Crippen LogP contribution in [0.2, 0.25) is 0 Å². The largest absolute Gasteiger partial charge is 0.301 e. The molecule has 0 spiro atoms. The third-order valence-electron chi connectivity index (χ3n) is 4.90. The van der Waals surface area contributed by atoms with E-state index < -0.39 is 0 Å². The van der Waals surface area contributed by atoms with Crippen LogP contribution in [-0.2, 0) is 13.1 Å². The Morgan fingerprint density at radius 1 is 0.962 bits per heavy atom. The minimum absolute atomic E-state index is 0.0450. The summed E-state index contributed by atoms with van der Waals surface area (Å²) in [5, 5.41) is 11.0. The molecule has 136 valence electrons. The second-order valence-corrected chi connectivity index (χ2v) is 7.72. The number of piperazine rings is 1. The van der Waals surface area contributed by atoms with E-state index >= 15 is 0 Å². The Balaban J connectivity index is 1.25. The van der Waals surface area contributed by atoms with E-state index in [0.29, 0.717) is 17.4 Å². The Kier molecular flexibility index (Phi) is 5.38. The summed E-state index contributed by atoms with van der Waals surface area (Å²) < 4.78 is 1.50. The Morgan fingerprint density at radius 3 is 2.58 bits per heavy atom. The fourth-order valence-electron chi connectivity index (χ4n) is 3.41. The molecule has 0 amide bonds. The average molecular weight is 369 g/mol. The second-order valence-electron chi connectivity index (χ2n) is 6.69. The fourth-order valence-corrected chi connectivity index (χ4v) is 4.15. The molecule has 6 nitrogen and oxygen atoms in total. The van der Waals surface area contributed by atoms with Crippen LogP contribution in [0.4, 0.5) is 0 Å². The third kappa shape index (κ3) is 4.00. The van der Waals surface area contributed by atoms with Crippen molar-refractivity contribution < 1.29 is 0 Å². The summed E-state index contributed by atoms with van der Waals surface area (Å²) in [6.45, 7) is 7.06. The lowest BCUT2D eigenvalue weighted by Gasteiger charge is -2.34. The molecule has 7 heteroatoms. The molecular formula is C19H23N5OS. The molecule has 0 saturated carbocycles. The Labute approximate surface area is 156 Å². The molecule has 3 heterocycles. The van der Waals surface area contributed by atoms with Crippen molar-refractivity contribution in [3.63, 3.8) is 0 Å². The van der Waals surface area contributed by atoms with Gasteiger partial charge in [0.25, 0.3) is 5.56 Å². The molecule has 0 atom stereocenters. The van der Waals surface area contributed by atoms with Crippen molar-refractivity contribution >= 4 is 22.2 Å². The van der Waals surface area contributed by atoms with Gasteiger partial charge in [0.1, 0.15) is 5.52 Å². The van der Waals surface area contributed by atoms with E-state index in [4.69, 9.17) is 0 Å². The molecule has 0 N–H and O–H groups in total. The molecule has 0 unspecified atom stereocenters. The van der Waals surface area contributed by atoms with Crippen LogP contribution in [0.1, 0.15) is 11.3 Å². The minimum Gasteiger partial charge on any atom is -0.301 e. The molecule has 0 radical (unpaired) electrons. The summed E-state index contributed by atoms with van der Waals surface area (Å²) in [5.74, 6) is 0. The van der Waals surface area contributed by atoms with Gasteiger partial charge in [0, 0.05) is 50.7 Å². The highest BCUT2D eigenvalue weighted by Crippen LogP contribution is 2.13. The van der Waals surface area contributed by atoms with Crippen LogP contribution in [0.25, 0.3) is 10.9 Å². The minimum atomic E-state index is -0.0450. The highest BCUT2D eigenvalue weighted by atomic mass is 32.1. The van der Waals surface area contributed by atoms with Gasteiger partial charge in [-0.15, -0.1) is 16.4 Å². The number of hydrogen-bond acceptors (Lipinski definition) is 6. The lowest BCUT2D eigenvalue weighted by molar-refractivity contribution is 0.125. The molecule has 1 aliphatic rings. The highest BCUT2D eigenvalue weighted by molar-refractivity contribution is 7.09. The molecule has 0 bridgehead atoms. The van der Waals surface area contributed by atoms with Gasteiger partial charge in [-0.05, 0) is 30.0 Å². The van der Waals surface area contributed by atoms with Crippen LogP contribution in [0.3, 0.4) is 0 Å². The van der Waals surface area contributed by atoms with Gasteiger partial charge in [0.2, 0.25) is 0 Å². The number of nitrogens with zero attached hydrogens (tertiary/aromatic N) is 5. The van der Waals surface area contributed by atoms with Gasteiger partial charge in [0.15, 0.2) is 0 Å². The predicted octanol–water partition coefficient (Wildman–Crippen LogP) is 2.06. The number of aryl methyl sites for hydroxylation is 1. The number of thiophene rings is 1. The number of benzene rings is 1. The zero-order chi connectivity index (χ0) is 17.8. The standard InChI is InChI=1S/C19H23N5OS/c25-19-17-6-1-2-7-18(17)20-21-24(19)9-4-8-22-10-12-23(13-11-22)15-16-5-3-14-26-16/h1-3,5-7,14H,4,8-13,15H2. The molecule has 4 rings (SSSR count). The van der Waals surface area contributed by atoms with E-state index in [0.717, 1.165) is 45.7 Å². The Bertz CT molecular complexity index is 900. The van der Waals surface area contributed by atoms with Gasteiger partial charge in [-0.25, -0.2) is 4.68 Å². The molecule has 0 aliphatic carbocycles. The molecule has 1 saturated heterocycles. The lowest BCUT2D eigenvalue weighted by atomic mass is 10.2. The molecule has 3 aromatic rings. The van der Waals surface area contributed by atoms with Gasteiger partial charge in [0.05, 0.1) is 5.39 Å². The fraction of sp³-hybridized carbons (Fsp3) is 0.421. The monoisotopic (exact) mass is 369 g/mol. The van der Waals surface area contributed by atoms with E-state index in [-0.39, 0.29) is 5.56 Å². The van der Waals surface area contributed by atoms with Gasteiger partial charge in [-0.1, -0.05) is 23.4 Å². The smallest absolute Gasteiger partial charge is 0.277 e. The first-order valence-corrected chi connectivity index (χ1v) is 9.97. The first-order valence-electron chi connectivity index (χ1n) is 9.09. The van der Waals surface area contributed by atoms with Crippen LogP contribution in [-0.4, -0.2) is 57.5 Å². The number of rotatable bonds is 6. The Morgan fingerprint density at radius 2 is 1.77 bits per heavy atom. The van der Waals surface area contributed by atoms with Crippen LogP contribution in [0.5, 0.6) is 0 Å². The molecular weight excluding hydrogens is 346 g/mol.